The average molecular weight is 248 g/mol. The van der Waals surface area contributed by atoms with Gasteiger partial charge in [-0.05, 0) is 35.4 Å². The van der Waals surface area contributed by atoms with Gasteiger partial charge in [-0.25, -0.2) is 0 Å². The summed E-state index contributed by atoms with van der Waals surface area (Å²) < 4.78 is 0. The Morgan fingerprint density at radius 1 is 0.842 bits per heavy atom. The standard InChI is InChI=1S/C17H16N2/c1-2-13-7-9-14(10-8-13)17(15-5-3-11-18-15)16-6-4-12-19-16/h2-12,17-19H,1H2. The van der Waals surface area contributed by atoms with Gasteiger partial charge in [0.15, 0.2) is 0 Å². The van der Waals surface area contributed by atoms with Crippen molar-refractivity contribution in [3.63, 3.8) is 0 Å². The molecule has 2 N–H and O–H groups in total. The van der Waals surface area contributed by atoms with Crippen LogP contribution in [0.4, 0.5) is 0 Å². The Labute approximate surface area is 112 Å². The molecule has 2 heteroatoms. The lowest BCUT2D eigenvalue weighted by Gasteiger charge is -2.15. The maximum absolute atomic E-state index is 3.79. The second-order valence-corrected chi connectivity index (χ2v) is 4.55. The quantitative estimate of drug-likeness (QED) is 0.694. The number of benzene rings is 1. The second-order valence-electron chi connectivity index (χ2n) is 4.55. The van der Waals surface area contributed by atoms with E-state index in [2.05, 4.69) is 52.9 Å². The van der Waals surface area contributed by atoms with Crippen LogP contribution in [0.3, 0.4) is 0 Å². The summed E-state index contributed by atoms with van der Waals surface area (Å²) in [6, 6.07) is 16.8. The van der Waals surface area contributed by atoms with Crippen molar-refractivity contribution in [3.8, 4) is 0 Å². The fraction of sp³-hybridized carbons (Fsp3) is 0.0588. The Balaban J connectivity index is 2.06. The highest BCUT2D eigenvalue weighted by atomic mass is 14.7. The van der Waals surface area contributed by atoms with Gasteiger partial charge in [-0.15, -0.1) is 0 Å². The monoisotopic (exact) mass is 248 g/mol. The molecule has 3 rings (SSSR count). The molecule has 2 nitrogen and oxygen atoms in total. The molecule has 0 amide bonds. The van der Waals surface area contributed by atoms with Gasteiger partial charge >= 0.3 is 0 Å². The number of aromatic nitrogens is 2. The molecule has 3 aromatic rings. The molecule has 0 aliphatic rings. The highest BCUT2D eigenvalue weighted by molar-refractivity contribution is 5.49. The van der Waals surface area contributed by atoms with Crippen molar-refractivity contribution in [2.75, 3.05) is 0 Å². The lowest BCUT2D eigenvalue weighted by Crippen LogP contribution is -2.04. The molecule has 0 aliphatic heterocycles. The molecule has 2 aromatic heterocycles. The van der Waals surface area contributed by atoms with Crippen molar-refractivity contribution >= 4 is 6.08 Å². The predicted octanol–water partition coefficient (Wildman–Crippen LogP) is 4.17. The molecule has 0 atom stereocenters. The van der Waals surface area contributed by atoms with E-state index in [0.717, 1.165) is 5.56 Å². The van der Waals surface area contributed by atoms with Crippen molar-refractivity contribution in [1.29, 1.82) is 0 Å². The van der Waals surface area contributed by atoms with Gasteiger partial charge in [0.2, 0.25) is 0 Å². The van der Waals surface area contributed by atoms with E-state index >= 15 is 0 Å². The van der Waals surface area contributed by atoms with Crippen LogP contribution in [0.25, 0.3) is 6.08 Å². The van der Waals surface area contributed by atoms with E-state index < -0.39 is 0 Å². The molecule has 0 saturated heterocycles. The van der Waals surface area contributed by atoms with E-state index in [1.807, 2.05) is 30.6 Å². The van der Waals surface area contributed by atoms with Gasteiger partial charge in [0, 0.05) is 23.8 Å². The van der Waals surface area contributed by atoms with E-state index in [-0.39, 0.29) is 5.92 Å². The number of hydrogen-bond acceptors (Lipinski definition) is 0. The third-order valence-electron chi connectivity index (χ3n) is 3.37. The van der Waals surface area contributed by atoms with Gasteiger partial charge in [0.1, 0.15) is 0 Å². The summed E-state index contributed by atoms with van der Waals surface area (Å²) in [5, 5.41) is 0. The maximum atomic E-state index is 3.79. The fourth-order valence-corrected chi connectivity index (χ4v) is 2.40. The number of rotatable bonds is 4. The summed E-state index contributed by atoms with van der Waals surface area (Å²) in [7, 11) is 0. The molecule has 19 heavy (non-hydrogen) atoms. The molecular formula is C17H16N2. The van der Waals surface area contributed by atoms with E-state index in [0.29, 0.717) is 0 Å². The van der Waals surface area contributed by atoms with Gasteiger partial charge in [-0.3, -0.25) is 0 Å². The van der Waals surface area contributed by atoms with Gasteiger partial charge in [0.25, 0.3) is 0 Å². The Bertz CT molecular complexity index is 597. The number of nitrogens with one attached hydrogen (secondary N) is 2. The molecule has 0 saturated carbocycles. The predicted molar refractivity (Wildman–Crippen MR) is 79.1 cm³/mol. The molecule has 0 spiro atoms. The largest absolute Gasteiger partial charge is 0.364 e. The third kappa shape index (κ3) is 2.25. The zero-order chi connectivity index (χ0) is 13.1. The first-order valence-corrected chi connectivity index (χ1v) is 6.37. The second kappa shape index (κ2) is 5.02. The van der Waals surface area contributed by atoms with E-state index in [1.165, 1.54) is 17.0 Å². The molecule has 2 heterocycles. The molecule has 0 fully saturated rings. The van der Waals surface area contributed by atoms with Gasteiger partial charge in [-0.2, -0.15) is 0 Å². The minimum atomic E-state index is 0.212. The van der Waals surface area contributed by atoms with Gasteiger partial charge in [-0.1, -0.05) is 36.9 Å². The molecule has 0 aliphatic carbocycles. The Morgan fingerprint density at radius 3 is 1.84 bits per heavy atom. The summed E-state index contributed by atoms with van der Waals surface area (Å²) >= 11 is 0. The van der Waals surface area contributed by atoms with Crippen LogP contribution in [0.1, 0.15) is 28.4 Å². The average Bonchev–Trinajstić information content (AvgIpc) is 3.13. The van der Waals surface area contributed by atoms with Crippen LogP contribution in [0.2, 0.25) is 0 Å². The highest BCUT2D eigenvalue weighted by Gasteiger charge is 2.17. The molecule has 0 radical (unpaired) electrons. The zero-order valence-electron chi connectivity index (χ0n) is 10.6. The van der Waals surface area contributed by atoms with Gasteiger partial charge in [0.05, 0.1) is 5.92 Å². The Kier molecular flexibility index (Phi) is 3.07. The number of hydrogen-bond donors (Lipinski definition) is 2. The van der Waals surface area contributed by atoms with Crippen LogP contribution >= 0.6 is 0 Å². The molecule has 0 unspecified atom stereocenters. The molecule has 0 bridgehead atoms. The highest BCUT2D eigenvalue weighted by Crippen LogP contribution is 2.29. The first-order chi connectivity index (χ1) is 9.38. The van der Waals surface area contributed by atoms with Crippen molar-refractivity contribution in [2.45, 2.75) is 5.92 Å². The van der Waals surface area contributed by atoms with Crippen LogP contribution in [0.5, 0.6) is 0 Å². The first kappa shape index (κ1) is 11.6. The summed E-state index contributed by atoms with van der Waals surface area (Å²) in [6.07, 6.45) is 5.79. The minimum Gasteiger partial charge on any atom is -0.364 e. The van der Waals surface area contributed by atoms with E-state index in [4.69, 9.17) is 0 Å². The van der Waals surface area contributed by atoms with Crippen molar-refractivity contribution in [1.82, 2.24) is 9.97 Å². The van der Waals surface area contributed by atoms with Gasteiger partial charge < -0.3 is 9.97 Å². The Hall–Kier alpha value is -2.48. The third-order valence-corrected chi connectivity index (χ3v) is 3.37. The smallest absolute Gasteiger partial charge is 0.0641 e. The maximum Gasteiger partial charge on any atom is 0.0641 e. The van der Waals surface area contributed by atoms with Crippen molar-refractivity contribution in [3.05, 3.63) is 90.0 Å². The van der Waals surface area contributed by atoms with Crippen LogP contribution < -0.4 is 0 Å². The minimum absolute atomic E-state index is 0.212. The summed E-state index contributed by atoms with van der Waals surface area (Å²) in [5.74, 6) is 0.212. The molecule has 94 valence electrons. The van der Waals surface area contributed by atoms with E-state index in [1.54, 1.807) is 0 Å². The molecule has 1 aromatic carbocycles. The van der Waals surface area contributed by atoms with Crippen molar-refractivity contribution < 1.29 is 0 Å². The van der Waals surface area contributed by atoms with Crippen molar-refractivity contribution in [2.24, 2.45) is 0 Å². The number of H-pyrrole nitrogens is 2. The lowest BCUT2D eigenvalue weighted by molar-refractivity contribution is 0.897. The van der Waals surface area contributed by atoms with E-state index in [9.17, 15) is 0 Å². The number of aromatic amines is 2. The SMILES string of the molecule is C=Cc1ccc(C(c2ccc[nH]2)c2ccc[nH]2)cc1. The topological polar surface area (TPSA) is 31.6 Å². The summed E-state index contributed by atoms with van der Waals surface area (Å²) in [5.41, 5.74) is 4.78. The summed E-state index contributed by atoms with van der Waals surface area (Å²) in [6.45, 7) is 3.79. The lowest BCUT2D eigenvalue weighted by atomic mass is 9.92. The zero-order valence-corrected chi connectivity index (χ0v) is 10.6. The molecular weight excluding hydrogens is 232 g/mol. The van der Waals surface area contributed by atoms with Crippen LogP contribution in [-0.4, -0.2) is 9.97 Å². The fourth-order valence-electron chi connectivity index (χ4n) is 2.40. The van der Waals surface area contributed by atoms with Crippen LogP contribution in [0.15, 0.2) is 67.5 Å². The van der Waals surface area contributed by atoms with Crippen LogP contribution in [-0.2, 0) is 0 Å². The summed E-state index contributed by atoms with van der Waals surface area (Å²) in [4.78, 5) is 6.62. The normalized spacial score (nSPS) is 10.8. The first-order valence-electron chi connectivity index (χ1n) is 6.37. The Morgan fingerprint density at radius 2 is 1.42 bits per heavy atom. The van der Waals surface area contributed by atoms with Crippen LogP contribution in [0, 0.1) is 0 Å².